The fraction of sp³-hybridized carbons (Fsp3) is 0.143. The van der Waals surface area contributed by atoms with Crippen molar-refractivity contribution >= 4 is 29.3 Å². The number of allylic oxidation sites excluding steroid dienone is 5. The summed E-state index contributed by atoms with van der Waals surface area (Å²) >= 11 is 11.9. The van der Waals surface area contributed by atoms with Crippen LogP contribution in [0.15, 0.2) is 60.2 Å². The van der Waals surface area contributed by atoms with Gasteiger partial charge in [-0.2, -0.15) is 0 Å². The monoisotopic (exact) mass is 250 g/mol. The van der Waals surface area contributed by atoms with E-state index in [1.54, 1.807) is 0 Å². The Morgan fingerprint density at radius 2 is 1.81 bits per heavy atom. The van der Waals surface area contributed by atoms with Crippen LogP contribution in [-0.2, 0) is 0 Å². The van der Waals surface area contributed by atoms with Gasteiger partial charge < -0.3 is 0 Å². The van der Waals surface area contributed by atoms with E-state index in [9.17, 15) is 0 Å². The van der Waals surface area contributed by atoms with Gasteiger partial charge >= 0.3 is 0 Å². The van der Waals surface area contributed by atoms with Crippen LogP contribution in [0.25, 0.3) is 6.08 Å². The minimum Gasteiger partial charge on any atom is -0.0966 e. The zero-order valence-corrected chi connectivity index (χ0v) is 10.2. The first-order valence-electron chi connectivity index (χ1n) is 5.16. The first kappa shape index (κ1) is 11.5. The van der Waals surface area contributed by atoms with E-state index in [4.69, 9.17) is 23.2 Å². The Bertz CT molecular complexity index is 439. The number of hydrogen-bond donors (Lipinski definition) is 0. The van der Waals surface area contributed by atoms with E-state index >= 15 is 0 Å². The predicted molar refractivity (Wildman–Crippen MR) is 71.8 cm³/mol. The lowest BCUT2D eigenvalue weighted by Crippen LogP contribution is -2.09. The molecule has 0 amide bonds. The molecule has 2 rings (SSSR count). The summed E-state index contributed by atoms with van der Waals surface area (Å²) in [4.78, 5) is 0. The molecule has 1 aromatic rings. The van der Waals surface area contributed by atoms with Crippen molar-refractivity contribution in [1.29, 1.82) is 0 Å². The van der Waals surface area contributed by atoms with Crippen molar-refractivity contribution in [3.63, 3.8) is 0 Å². The molecule has 0 heterocycles. The van der Waals surface area contributed by atoms with Gasteiger partial charge in [0.2, 0.25) is 0 Å². The highest BCUT2D eigenvalue weighted by atomic mass is 35.5. The van der Waals surface area contributed by atoms with Crippen LogP contribution < -0.4 is 0 Å². The van der Waals surface area contributed by atoms with Crippen LogP contribution in [0.3, 0.4) is 0 Å². The predicted octanol–water partition coefficient (Wildman–Crippen LogP) is 4.76. The van der Waals surface area contributed by atoms with E-state index in [2.05, 4.69) is 24.3 Å². The maximum Gasteiger partial charge on any atom is 0.140 e. The first-order valence-corrected chi connectivity index (χ1v) is 5.92. The quantitative estimate of drug-likeness (QED) is 0.665. The number of halogens is 2. The van der Waals surface area contributed by atoms with Crippen molar-refractivity contribution < 1.29 is 0 Å². The molecule has 1 aromatic carbocycles. The van der Waals surface area contributed by atoms with Crippen LogP contribution >= 0.6 is 23.2 Å². The molecule has 0 N–H and O–H groups in total. The van der Waals surface area contributed by atoms with E-state index < -0.39 is 4.33 Å². The Balaban J connectivity index is 2.05. The number of benzene rings is 1. The van der Waals surface area contributed by atoms with Gasteiger partial charge in [-0.15, -0.1) is 0 Å². The Kier molecular flexibility index (Phi) is 3.52. The fourth-order valence-corrected chi connectivity index (χ4v) is 1.77. The van der Waals surface area contributed by atoms with Crippen LogP contribution in [0.1, 0.15) is 12.0 Å². The van der Waals surface area contributed by atoms with Crippen LogP contribution in [0, 0.1) is 0 Å². The average Bonchev–Trinajstić information content (AvgIpc) is 2.29. The van der Waals surface area contributed by atoms with Gasteiger partial charge in [-0.25, -0.2) is 0 Å². The van der Waals surface area contributed by atoms with E-state index in [0.717, 1.165) is 5.57 Å². The maximum absolute atomic E-state index is 5.96. The molecule has 0 aromatic heterocycles. The van der Waals surface area contributed by atoms with Crippen molar-refractivity contribution in [1.82, 2.24) is 0 Å². The van der Waals surface area contributed by atoms with Crippen molar-refractivity contribution in [2.24, 2.45) is 0 Å². The third-order valence-corrected chi connectivity index (χ3v) is 2.96. The molecule has 16 heavy (non-hydrogen) atoms. The molecule has 0 nitrogen and oxygen atoms in total. The summed E-state index contributed by atoms with van der Waals surface area (Å²) in [7, 11) is 0. The minimum atomic E-state index is -0.732. The molecule has 0 radical (unpaired) electrons. The summed E-state index contributed by atoms with van der Waals surface area (Å²) in [5.74, 6) is 0. The van der Waals surface area contributed by atoms with Gasteiger partial charge in [0.25, 0.3) is 0 Å². The number of hydrogen-bond acceptors (Lipinski definition) is 0. The van der Waals surface area contributed by atoms with Crippen LogP contribution in [0.4, 0.5) is 0 Å². The highest BCUT2D eigenvalue weighted by Gasteiger charge is 2.20. The Hall–Kier alpha value is -0.980. The lowest BCUT2D eigenvalue weighted by Gasteiger charge is -2.16. The van der Waals surface area contributed by atoms with Gasteiger partial charge in [0.15, 0.2) is 0 Å². The second kappa shape index (κ2) is 4.90. The Morgan fingerprint density at radius 3 is 2.44 bits per heavy atom. The lowest BCUT2D eigenvalue weighted by atomic mass is 10.1. The minimum absolute atomic E-state index is 0.654. The summed E-state index contributed by atoms with van der Waals surface area (Å²) in [5, 5.41) is 0. The summed E-state index contributed by atoms with van der Waals surface area (Å²) < 4.78 is -0.732. The summed E-state index contributed by atoms with van der Waals surface area (Å²) in [6.07, 6.45) is 10.6. The Morgan fingerprint density at radius 1 is 1.06 bits per heavy atom. The molecule has 0 atom stereocenters. The van der Waals surface area contributed by atoms with Gasteiger partial charge in [0.05, 0.1) is 0 Å². The maximum atomic E-state index is 5.96. The molecule has 0 unspecified atom stereocenters. The molecule has 0 saturated heterocycles. The largest absolute Gasteiger partial charge is 0.140 e. The second-order valence-electron chi connectivity index (χ2n) is 3.75. The fourth-order valence-electron chi connectivity index (χ4n) is 1.49. The topological polar surface area (TPSA) is 0 Å². The van der Waals surface area contributed by atoms with Crippen LogP contribution in [-0.4, -0.2) is 4.33 Å². The highest BCUT2D eigenvalue weighted by molar-refractivity contribution is 6.50. The van der Waals surface area contributed by atoms with Crippen molar-refractivity contribution in [3.8, 4) is 0 Å². The molecule has 1 aliphatic carbocycles. The molecule has 0 aliphatic heterocycles. The van der Waals surface area contributed by atoms with Crippen LogP contribution in [0.2, 0.25) is 0 Å². The molecule has 1 aliphatic rings. The van der Waals surface area contributed by atoms with Crippen LogP contribution in [0.5, 0.6) is 0 Å². The third-order valence-electron chi connectivity index (χ3n) is 2.40. The molecule has 82 valence electrons. The van der Waals surface area contributed by atoms with Gasteiger partial charge in [-0.3, -0.25) is 0 Å². The molecular formula is C14H12Cl2. The summed E-state index contributed by atoms with van der Waals surface area (Å²) in [5.41, 5.74) is 2.33. The van der Waals surface area contributed by atoms with E-state index in [-0.39, 0.29) is 0 Å². The SMILES string of the molecule is ClC1(Cl)C=CC(C=Cc2ccccc2)=CC1. The van der Waals surface area contributed by atoms with Gasteiger partial charge in [0.1, 0.15) is 4.33 Å². The highest BCUT2D eigenvalue weighted by Crippen LogP contribution is 2.32. The zero-order chi connectivity index (χ0) is 11.4. The average molecular weight is 251 g/mol. The van der Waals surface area contributed by atoms with Crippen molar-refractivity contribution in [2.75, 3.05) is 0 Å². The van der Waals surface area contributed by atoms with Crippen molar-refractivity contribution in [2.45, 2.75) is 10.8 Å². The molecule has 0 spiro atoms. The van der Waals surface area contributed by atoms with Gasteiger partial charge in [-0.1, -0.05) is 77.8 Å². The molecule has 0 bridgehead atoms. The zero-order valence-electron chi connectivity index (χ0n) is 8.74. The Labute approximate surface area is 106 Å². The molecule has 0 saturated carbocycles. The lowest BCUT2D eigenvalue weighted by molar-refractivity contribution is 0.953. The van der Waals surface area contributed by atoms with Gasteiger partial charge in [-0.05, 0) is 17.2 Å². The van der Waals surface area contributed by atoms with Gasteiger partial charge in [0, 0.05) is 6.42 Å². The summed E-state index contributed by atoms with van der Waals surface area (Å²) in [6.45, 7) is 0. The second-order valence-corrected chi connectivity index (χ2v) is 5.29. The smallest absolute Gasteiger partial charge is 0.0966 e. The molecular weight excluding hydrogens is 239 g/mol. The standard InChI is InChI=1S/C14H12Cl2/c15-14(16)10-8-13(9-11-14)7-6-12-4-2-1-3-5-12/h1-10H,11H2. The molecule has 0 fully saturated rings. The number of alkyl halides is 2. The van der Waals surface area contributed by atoms with E-state index in [0.29, 0.717) is 6.42 Å². The number of rotatable bonds is 2. The van der Waals surface area contributed by atoms with E-state index in [1.807, 2.05) is 36.4 Å². The van der Waals surface area contributed by atoms with Crippen molar-refractivity contribution in [3.05, 3.63) is 65.8 Å². The van der Waals surface area contributed by atoms with E-state index in [1.165, 1.54) is 5.56 Å². The molecule has 2 heteroatoms. The summed E-state index contributed by atoms with van der Waals surface area (Å²) in [6, 6.07) is 10.2. The first-order chi connectivity index (χ1) is 7.66. The normalized spacial score (nSPS) is 18.8. The third kappa shape index (κ3) is 3.26.